The lowest BCUT2D eigenvalue weighted by Crippen LogP contribution is -2.26. The summed E-state index contributed by atoms with van der Waals surface area (Å²) in [4.78, 5) is 29.5. The number of aromatic nitrogens is 1. The van der Waals surface area contributed by atoms with Crippen molar-refractivity contribution in [2.45, 2.75) is 13.3 Å². The molecule has 0 spiro atoms. The van der Waals surface area contributed by atoms with Crippen LogP contribution in [0.25, 0.3) is 22.6 Å². The van der Waals surface area contributed by atoms with Crippen molar-refractivity contribution in [1.29, 1.82) is 0 Å². The fraction of sp³-hybridized carbons (Fsp3) is 0.211. The zero-order valence-corrected chi connectivity index (χ0v) is 14.7. The minimum Gasteiger partial charge on any atom is -0.481 e. The smallest absolute Gasteiger partial charge is 0.308 e. The number of rotatable bonds is 3. The Hall–Kier alpha value is -2.86. The zero-order valence-electron chi connectivity index (χ0n) is 13.9. The van der Waals surface area contributed by atoms with Crippen LogP contribution in [0.2, 0.25) is 5.02 Å². The topological polar surface area (TPSA) is 83.6 Å². The first kappa shape index (κ1) is 16.6. The number of benzene rings is 2. The standard InChI is InChI=1S/C19H15ClN2O4/c1-10-13(18-21-14-8-12(20)5-6-16(14)26-18)3-2-4-15(10)22-9-11(19(24)25)7-17(22)23/h2-6,8,11H,7,9H2,1H3,(H,24,25)/t11-/m1/s1. The lowest BCUT2D eigenvalue weighted by atomic mass is 10.1. The number of carbonyl (C=O) groups excluding carboxylic acids is 1. The van der Waals surface area contributed by atoms with E-state index < -0.39 is 11.9 Å². The van der Waals surface area contributed by atoms with Crippen molar-refractivity contribution in [2.75, 3.05) is 11.4 Å². The van der Waals surface area contributed by atoms with Crippen LogP contribution in [0.3, 0.4) is 0 Å². The van der Waals surface area contributed by atoms with E-state index in [9.17, 15) is 14.7 Å². The molecule has 0 bridgehead atoms. The van der Waals surface area contributed by atoms with E-state index in [4.69, 9.17) is 16.0 Å². The molecule has 0 radical (unpaired) electrons. The molecule has 1 fully saturated rings. The summed E-state index contributed by atoms with van der Waals surface area (Å²) in [7, 11) is 0. The fourth-order valence-electron chi connectivity index (χ4n) is 3.27. The van der Waals surface area contributed by atoms with Gasteiger partial charge in [0.2, 0.25) is 11.8 Å². The number of nitrogens with zero attached hydrogens (tertiary/aromatic N) is 2. The van der Waals surface area contributed by atoms with E-state index in [1.54, 1.807) is 30.3 Å². The third-order valence-corrected chi connectivity index (χ3v) is 4.89. The second-order valence-corrected chi connectivity index (χ2v) is 6.76. The van der Waals surface area contributed by atoms with Crippen molar-refractivity contribution in [1.82, 2.24) is 4.98 Å². The van der Waals surface area contributed by atoms with Crippen LogP contribution in [0.1, 0.15) is 12.0 Å². The molecular weight excluding hydrogens is 356 g/mol. The van der Waals surface area contributed by atoms with Crippen LogP contribution in [0.15, 0.2) is 40.8 Å². The first-order valence-electron chi connectivity index (χ1n) is 8.13. The number of amides is 1. The highest BCUT2D eigenvalue weighted by Gasteiger charge is 2.36. The summed E-state index contributed by atoms with van der Waals surface area (Å²) in [5.41, 5.74) is 3.51. The molecule has 6 nitrogen and oxygen atoms in total. The zero-order chi connectivity index (χ0) is 18.4. The normalized spacial score (nSPS) is 17.2. The van der Waals surface area contributed by atoms with Gasteiger partial charge >= 0.3 is 5.97 Å². The molecule has 1 aliphatic heterocycles. The second kappa shape index (κ2) is 6.14. The van der Waals surface area contributed by atoms with Crippen molar-refractivity contribution in [3.05, 3.63) is 47.0 Å². The van der Waals surface area contributed by atoms with E-state index in [0.29, 0.717) is 27.7 Å². The Bertz CT molecular complexity index is 1040. The van der Waals surface area contributed by atoms with Crippen LogP contribution in [0.5, 0.6) is 0 Å². The highest BCUT2D eigenvalue weighted by Crippen LogP contribution is 2.35. The molecule has 4 rings (SSSR count). The quantitative estimate of drug-likeness (QED) is 0.756. The highest BCUT2D eigenvalue weighted by molar-refractivity contribution is 6.31. The number of fused-ring (bicyclic) bond motifs is 1. The van der Waals surface area contributed by atoms with Crippen LogP contribution < -0.4 is 4.90 Å². The Balaban J connectivity index is 1.76. The molecule has 2 heterocycles. The molecule has 0 aliphatic carbocycles. The molecule has 1 N–H and O–H groups in total. The third-order valence-electron chi connectivity index (χ3n) is 4.65. The van der Waals surface area contributed by atoms with Crippen LogP contribution in [-0.2, 0) is 9.59 Å². The Morgan fingerprint density at radius 3 is 2.88 bits per heavy atom. The predicted molar refractivity (Wildman–Crippen MR) is 97.3 cm³/mol. The van der Waals surface area contributed by atoms with E-state index in [1.807, 2.05) is 13.0 Å². The molecular formula is C19H15ClN2O4. The van der Waals surface area contributed by atoms with Crippen LogP contribution in [0, 0.1) is 12.8 Å². The number of carboxylic acids is 1. The molecule has 1 amide bonds. The average Bonchev–Trinajstić information content (AvgIpc) is 3.18. The predicted octanol–water partition coefficient (Wildman–Crippen LogP) is 3.89. The molecule has 0 saturated carbocycles. The summed E-state index contributed by atoms with van der Waals surface area (Å²) in [6.07, 6.45) is 0.0143. The van der Waals surface area contributed by atoms with E-state index >= 15 is 0 Å². The number of hydrogen-bond acceptors (Lipinski definition) is 4. The first-order valence-corrected chi connectivity index (χ1v) is 8.51. The van der Waals surface area contributed by atoms with E-state index in [1.165, 1.54) is 4.90 Å². The highest BCUT2D eigenvalue weighted by atomic mass is 35.5. The van der Waals surface area contributed by atoms with Gasteiger partial charge in [0.05, 0.1) is 5.92 Å². The molecule has 2 aromatic carbocycles. The molecule has 0 unspecified atom stereocenters. The van der Waals surface area contributed by atoms with Gasteiger partial charge in [-0.25, -0.2) is 4.98 Å². The summed E-state index contributed by atoms with van der Waals surface area (Å²) >= 11 is 6.00. The maximum atomic E-state index is 12.3. The van der Waals surface area contributed by atoms with Crippen LogP contribution in [0.4, 0.5) is 5.69 Å². The Morgan fingerprint density at radius 2 is 2.15 bits per heavy atom. The van der Waals surface area contributed by atoms with Crippen molar-refractivity contribution in [3.8, 4) is 11.5 Å². The van der Waals surface area contributed by atoms with Crippen molar-refractivity contribution < 1.29 is 19.1 Å². The minimum atomic E-state index is -0.953. The van der Waals surface area contributed by atoms with Crippen LogP contribution in [-0.4, -0.2) is 28.5 Å². The number of carboxylic acid groups (broad SMARTS) is 1. The van der Waals surface area contributed by atoms with Gasteiger partial charge in [-0.1, -0.05) is 17.7 Å². The van der Waals surface area contributed by atoms with E-state index in [-0.39, 0.29) is 18.9 Å². The second-order valence-electron chi connectivity index (χ2n) is 6.32. The number of carbonyl (C=O) groups is 2. The summed E-state index contributed by atoms with van der Waals surface area (Å²) < 4.78 is 5.83. The van der Waals surface area contributed by atoms with Gasteiger partial charge < -0.3 is 14.4 Å². The minimum absolute atomic E-state index is 0.0143. The van der Waals surface area contributed by atoms with Crippen LogP contribution >= 0.6 is 11.6 Å². The van der Waals surface area contributed by atoms with Gasteiger partial charge in [0.15, 0.2) is 5.58 Å². The molecule has 1 aromatic heterocycles. The summed E-state index contributed by atoms with van der Waals surface area (Å²) in [5, 5.41) is 9.76. The number of anilines is 1. The number of aliphatic carboxylic acids is 1. The maximum absolute atomic E-state index is 12.3. The number of oxazole rings is 1. The molecule has 1 atom stereocenters. The third kappa shape index (κ3) is 2.72. The van der Waals surface area contributed by atoms with E-state index in [2.05, 4.69) is 4.98 Å². The summed E-state index contributed by atoms with van der Waals surface area (Å²) in [6.45, 7) is 2.04. The molecule has 3 aromatic rings. The Morgan fingerprint density at radius 1 is 1.35 bits per heavy atom. The molecule has 7 heteroatoms. The maximum Gasteiger partial charge on any atom is 0.308 e. The molecule has 132 valence electrons. The molecule has 26 heavy (non-hydrogen) atoms. The SMILES string of the molecule is Cc1c(-c2nc3cc(Cl)ccc3o2)cccc1N1C[C@H](C(=O)O)CC1=O. The van der Waals surface area contributed by atoms with Gasteiger partial charge in [-0.15, -0.1) is 0 Å². The van der Waals surface area contributed by atoms with Gasteiger partial charge in [-0.2, -0.15) is 0 Å². The molecule has 1 aliphatic rings. The van der Waals surface area contributed by atoms with E-state index in [0.717, 1.165) is 11.1 Å². The van der Waals surface area contributed by atoms with Gasteiger partial charge in [-0.05, 0) is 42.8 Å². The van der Waals surface area contributed by atoms with Crippen molar-refractivity contribution in [2.24, 2.45) is 5.92 Å². The van der Waals surface area contributed by atoms with Gasteiger partial charge in [0, 0.05) is 29.2 Å². The monoisotopic (exact) mass is 370 g/mol. The van der Waals surface area contributed by atoms with Crippen molar-refractivity contribution in [3.63, 3.8) is 0 Å². The number of hydrogen-bond donors (Lipinski definition) is 1. The molecule has 1 saturated heterocycles. The Kier molecular flexibility index (Phi) is 3.92. The fourth-order valence-corrected chi connectivity index (χ4v) is 3.44. The largest absolute Gasteiger partial charge is 0.481 e. The van der Waals surface area contributed by atoms with Gasteiger partial charge in [-0.3, -0.25) is 9.59 Å². The lowest BCUT2D eigenvalue weighted by Gasteiger charge is -2.19. The first-order chi connectivity index (χ1) is 12.4. The average molecular weight is 371 g/mol. The Labute approximate surface area is 154 Å². The summed E-state index contributed by atoms with van der Waals surface area (Å²) in [6, 6.07) is 10.7. The van der Waals surface area contributed by atoms with Crippen molar-refractivity contribution >= 4 is 40.3 Å². The van der Waals surface area contributed by atoms with Gasteiger partial charge in [0.1, 0.15) is 5.52 Å². The summed E-state index contributed by atoms with van der Waals surface area (Å²) in [5.74, 6) is -1.40. The number of halogens is 1. The lowest BCUT2D eigenvalue weighted by molar-refractivity contribution is -0.141. The van der Waals surface area contributed by atoms with Gasteiger partial charge in [0.25, 0.3) is 0 Å².